The summed E-state index contributed by atoms with van der Waals surface area (Å²) in [4.78, 5) is 27.2. The van der Waals surface area contributed by atoms with Gasteiger partial charge in [-0.3, -0.25) is 9.52 Å². The van der Waals surface area contributed by atoms with E-state index in [0.717, 1.165) is 11.3 Å². The van der Waals surface area contributed by atoms with E-state index in [9.17, 15) is 18.0 Å². The first-order chi connectivity index (χ1) is 13.5. The molecule has 0 bridgehead atoms. The van der Waals surface area contributed by atoms with Crippen LogP contribution in [-0.4, -0.2) is 31.0 Å². The van der Waals surface area contributed by atoms with E-state index in [1.54, 1.807) is 44.7 Å². The average Bonchev–Trinajstić information content (AvgIpc) is 3.18. The van der Waals surface area contributed by atoms with Crippen LogP contribution in [0.3, 0.4) is 0 Å². The Labute approximate surface area is 168 Å². The summed E-state index contributed by atoms with van der Waals surface area (Å²) in [5.74, 6) is -0.279. The van der Waals surface area contributed by atoms with E-state index in [4.69, 9.17) is 4.74 Å². The van der Waals surface area contributed by atoms with E-state index in [-0.39, 0.29) is 11.6 Å². The molecule has 154 valence electrons. The zero-order valence-corrected chi connectivity index (χ0v) is 17.2. The molecule has 2 aromatic rings. The first kappa shape index (κ1) is 20.5. The van der Waals surface area contributed by atoms with Gasteiger partial charge in [0, 0.05) is 23.1 Å². The Kier molecular flexibility index (Phi) is 5.14. The number of carbonyl (C=O) groups is 2. The third-order valence-corrected chi connectivity index (χ3v) is 4.95. The van der Waals surface area contributed by atoms with E-state index in [1.807, 2.05) is 12.1 Å². The van der Waals surface area contributed by atoms with E-state index >= 15 is 0 Å². The number of H-pyrrole nitrogens is 1. The Bertz CT molecular complexity index is 1100. The summed E-state index contributed by atoms with van der Waals surface area (Å²) in [5, 5.41) is 2.76. The molecule has 9 nitrogen and oxygen atoms in total. The number of anilines is 2. The maximum atomic E-state index is 12.4. The molecular weight excluding hydrogens is 396 g/mol. The normalized spacial score (nSPS) is 15.4. The topological polar surface area (TPSA) is 129 Å². The van der Waals surface area contributed by atoms with Crippen LogP contribution in [0.5, 0.6) is 0 Å². The van der Waals surface area contributed by atoms with Crippen molar-refractivity contribution in [1.29, 1.82) is 0 Å². The van der Waals surface area contributed by atoms with Gasteiger partial charge < -0.3 is 15.0 Å². The standard InChI is InChI=1S/C19H22N4O5S/c1-11(14-6-5-9-20-14)16-13-10-12(7-8-15(13)21-17(16)24)22-29(26,27)23-18(25)28-19(2,3)4/h5-10,20,22H,1-4H3,(H,21,24)(H,23,25). The van der Waals surface area contributed by atoms with Crippen LogP contribution < -0.4 is 14.8 Å². The molecule has 0 saturated heterocycles. The molecule has 0 radical (unpaired) electrons. The molecule has 1 aliphatic heterocycles. The van der Waals surface area contributed by atoms with Crippen molar-refractivity contribution in [3.63, 3.8) is 0 Å². The van der Waals surface area contributed by atoms with Gasteiger partial charge in [-0.2, -0.15) is 8.42 Å². The van der Waals surface area contributed by atoms with Crippen molar-refractivity contribution in [3.05, 3.63) is 47.8 Å². The lowest BCUT2D eigenvalue weighted by molar-refractivity contribution is -0.110. The third kappa shape index (κ3) is 4.77. The SMILES string of the molecule is CC(=C1C(=O)Nc2ccc(NS(=O)(=O)NC(=O)OC(C)(C)C)cc21)c1ccc[nH]1. The van der Waals surface area contributed by atoms with Crippen LogP contribution in [0.25, 0.3) is 11.1 Å². The lowest BCUT2D eigenvalue weighted by atomic mass is 10.00. The highest BCUT2D eigenvalue weighted by molar-refractivity contribution is 7.91. The summed E-state index contributed by atoms with van der Waals surface area (Å²) in [6, 6.07) is 8.27. The van der Waals surface area contributed by atoms with Gasteiger partial charge >= 0.3 is 16.3 Å². The number of aromatic amines is 1. The molecule has 0 fully saturated rings. The number of hydrogen-bond acceptors (Lipinski definition) is 5. The number of carbonyl (C=O) groups excluding carboxylic acids is 2. The molecule has 29 heavy (non-hydrogen) atoms. The second-order valence-electron chi connectivity index (χ2n) is 7.51. The number of allylic oxidation sites excluding steroid dienone is 1. The third-order valence-electron chi connectivity index (χ3n) is 4.01. The quantitative estimate of drug-likeness (QED) is 0.567. The van der Waals surface area contributed by atoms with E-state index in [1.165, 1.54) is 12.1 Å². The zero-order valence-electron chi connectivity index (χ0n) is 16.4. The van der Waals surface area contributed by atoms with Crippen LogP contribution in [0.15, 0.2) is 36.5 Å². The van der Waals surface area contributed by atoms with Gasteiger partial charge in [0.05, 0.1) is 11.3 Å². The summed E-state index contributed by atoms with van der Waals surface area (Å²) < 4.78 is 33.5. The van der Waals surface area contributed by atoms with Gasteiger partial charge in [-0.15, -0.1) is 0 Å². The van der Waals surface area contributed by atoms with Crippen molar-refractivity contribution in [2.24, 2.45) is 0 Å². The van der Waals surface area contributed by atoms with E-state index < -0.39 is 21.9 Å². The van der Waals surface area contributed by atoms with Crippen LogP contribution >= 0.6 is 0 Å². The molecule has 1 aromatic carbocycles. The number of benzene rings is 1. The molecule has 0 atom stereocenters. The minimum Gasteiger partial charge on any atom is -0.443 e. The van der Waals surface area contributed by atoms with Crippen LogP contribution in [-0.2, 0) is 19.7 Å². The number of nitrogens with one attached hydrogen (secondary N) is 4. The molecule has 1 aliphatic rings. The molecule has 2 heterocycles. The van der Waals surface area contributed by atoms with Crippen LogP contribution in [0.2, 0.25) is 0 Å². The maximum Gasteiger partial charge on any atom is 0.422 e. The van der Waals surface area contributed by atoms with Crippen LogP contribution in [0.4, 0.5) is 16.2 Å². The molecule has 4 N–H and O–H groups in total. The Morgan fingerprint density at radius 2 is 1.90 bits per heavy atom. The van der Waals surface area contributed by atoms with E-state index in [0.29, 0.717) is 16.8 Å². The van der Waals surface area contributed by atoms with Gasteiger partial charge in [-0.25, -0.2) is 9.52 Å². The molecule has 2 amide bonds. The largest absolute Gasteiger partial charge is 0.443 e. The second-order valence-corrected chi connectivity index (χ2v) is 8.92. The number of hydrogen-bond donors (Lipinski definition) is 4. The van der Waals surface area contributed by atoms with Crippen LogP contribution in [0, 0.1) is 0 Å². The van der Waals surface area contributed by atoms with Crippen LogP contribution in [0.1, 0.15) is 39.0 Å². The highest BCUT2D eigenvalue weighted by Crippen LogP contribution is 2.38. The first-order valence-corrected chi connectivity index (χ1v) is 10.3. The lowest BCUT2D eigenvalue weighted by Gasteiger charge is -2.19. The monoisotopic (exact) mass is 418 g/mol. The molecule has 0 unspecified atom stereocenters. The highest BCUT2D eigenvalue weighted by atomic mass is 32.2. The number of amides is 2. The highest BCUT2D eigenvalue weighted by Gasteiger charge is 2.28. The van der Waals surface area contributed by atoms with E-state index in [2.05, 4.69) is 15.0 Å². The number of aromatic nitrogens is 1. The first-order valence-electron chi connectivity index (χ1n) is 8.79. The van der Waals surface area contributed by atoms with Crippen molar-refractivity contribution >= 4 is 44.7 Å². The predicted octanol–water partition coefficient (Wildman–Crippen LogP) is 3.08. The lowest BCUT2D eigenvalue weighted by Crippen LogP contribution is -2.39. The van der Waals surface area contributed by atoms with Gasteiger partial charge in [-0.05, 0) is 63.6 Å². The smallest absolute Gasteiger partial charge is 0.422 e. The van der Waals surface area contributed by atoms with Crippen molar-refractivity contribution < 1.29 is 22.7 Å². The number of ether oxygens (including phenoxy) is 1. The molecule has 3 rings (SSSR count). The second kappa shape index (κ2) is 7.28. The van der Waals surface area contributed by atoms with Crippen molar-refractivity contribution in [1.82, 2.24) is 9.71 Å². The zero-order chi connectivity index (χ0) is 21.4. The van der Waals surface area contributed by atoms with Crippen molar-refractivity contribution in [2.75, 3.05) is 10.0 Å². The summed E-state index contributed by atoms with van der Waals surface area (Å²) in [7, 11) is -4.22. The predicted molar refractivity (Wildman–Crippen MR) is 110 cm³/mol. The molecule has 1 aromatic heterocycles. The van der Waals surface area contributed by atoms with Gasteiger partial charge in [-0.1, -0.05) is 0 Å². The van der Waals surface area contributed by atoms with Crippen molar-refractivity contribution in [3.8, 4) is 0 Å². The summed E-state index contributed by atoms with van der Waals surface area (Å²) >= 11 is 0. The Balaban J connectivity index is 1.87. The molecule has 0 saturated carbocycles. The molecule has 10 heteroatoms. The van der Waals surface area contributed by atoms with Crippen molar-refractivity contribution in [2.45, 2.75) is 33.3 Å². The minimum absolute atomic E-state index is 0.188. The summed E-state index contributed by atoms with van der Waals surface area (Å²) in [5.41, 5.74) is 2.41. The van der Waals surface area contributed by atoms with Gasteiger partial charge in [0.1, 0.15) is 5.60 Å². The summed E-state index contributed by atoms with van der Waals surface area (Å²) in [6.07, 6.45) is 0.659. The Hall–Kier alpha value is -3.27. The Morgan fingerprint density at radius 3 is 2.52 bits per heavy atom. The van der Waals surface area contributed by atoms with Gasteiger partial charge in [0.25, 0.3) is 5.91 Å². The fourth-order valence-corrected chi connectivity index (χ4v) is 3.64. The molecular formula is C19H22N4O5S. The molecule has 0 aliphatic carbocycles. The maximum absolute atomic E-state index is 12.4. The number of rotatable bonds is 4. The number of fused-ring (bicyclic) bond motifs is 1. The van der Waals surface area contributed by atoms with Gasteiger partial charge in [0.2, 0.25) is 0 Å². The fraction of sp³-hybridized carbons (Fsp3) is 0.263. The average molecular weight is 418 g/mol. The van der Waals surface area contributed by atoms with Gasteiger partial charge in [0.15, 0.2) is 0 Å². The minimum atomic E-state index is -4.22. The Morgan fingerprint density at radius 1 is 1.17 bits per heavy atom. The molecule has 0 spiro atoms. The summed E-state index contributed by atoms with van der Waals surface area (Å²) in [6.45, 7) is 6.67. The fourth-order valence-electron chi connectivity index (χ4n) is 2.89.